The van der Waals surface area contributed by atoms with Gasteiger partial charge < -0.3 is 23.5 Å². The highest BCUT2D eigenvalue weighted by Gasteiger charge is 2.35. The van der Waals surface area contributed by atoms with E-state index in [2.05, 4.69) is 25.8 Å². The maximum absolute atomic E-state index is 13.8. The third-order valence-electron chi connectivity index (χ3n) is 6.21. The molecule has 0 radical (unpaired) electrons. The van der Waals surface area contributed by atoms with Gasteiger partial charge in [-0.2, -0.15) is 0 Å². The monoisotopic (exact) mass is 587 g/mol. The molecule has 37 heavy (non-hydrogen) atoms. The number of esters is 1. The van der Waals surface area contributed by atoms with Crippen LogP contribution in [-0.2, 0) is 14.3 Å². The maximum atomic E-state index is 13.8. The number of ether oxygens (including phenoxy) is 3. The van der Waals surface area contributed by atoms with Crippen LogP contribution in [0.25, 0.3) is 6.08 Å². The van der Waals surface area contributed by atoms with E-state index in [4.69, 9.17) is 18.6 Å². The SMILES string of the molecule is CCOC(=O)C1=C(C)N=c2s/c(=C/c3cc(Br)c(N4CCOCC4)o3)c(=O)n2C1c1ccccc1OC. The topological polar surface area (TPSA) is 95.5 Å². The fourth-order valence-electron chi connectivity index (χ4n) is 4.54. The summed E-state index contributed by atoms with van der Waals surface area (Å²) in [6.45, 7) is 6.42. The molecule has 194 valence electrons. The molecule has 1 unspecified atom stereocenters. The fourth-order valence-corrected chi connectivity index (χ4v) is 6.12. The summed E-state index contributed by atoms with van der Waals surface area (Å²) < 4.78 is 25.3. The van der Waals surface area contributed by atoms with Gasteiger partial charge in [0.25, 0.3) is 5.56 Å². The van der Waals surface area contributed by atoms with Crippen molar-refractivity contribution in [1.29, 1.82) is 0 Å². The van der Waals surface area contributed by atoms with Gasteiger partial charge in [-0.3, -0.25) is 9.36 Å². The number of fused-ring (bicyclic) bond motifs is 1. The quantitative estimate of drug-likeness (QED) is 0.409. The summed E-state index contributed by atoms with van der Waals surface area (Å²) in [4.78, 5) is 34.1. The molecule has 0 spiro atoms. The normalized spacial score (nSPS) is 18.0. The number of halogens is 1. The molecule has 9 nitrogen and oxygen atoms in total. The van der Waals surface area contributed by atoms with Gasteiger partial charge in [0, 0.05) is 30.8 Å². The number of hydrogen-bond acceptors (Lipinski definition) is 9. The Hall–Kier alpha value is -3.15. The van der Waals surface area contributed by atoms with Crippen LogP contribution in [-0.4, -0.2) is 50.6 Å². The fraction of sp³-hybridized carbons (Fsp3) is 0.346. The molecule has 1 fully saturated rings. The summed E-state index contributed by atoms with van der Waals surface area (Å²) in [5, 5.41) is 0. The molecule has 3 aromatic rings. The molecule has 0 bridgehead atoms. The Labute approximate surface area is 225 Å². The summed E-state index contributed by atoms with van der Waals surface area (Å²) in [5.41, 5.74) is 1.19. The Kier molecular flexibility index (Phi) is 7.36. The Morgan fingerprint density at radius 3 is 2.78 bits per heavy atom. The number of allylic oxidation sites excluding steroid dienone is 1. The zero-order chi connectivity index (χ0) is 26.1. The van der Waals surface area contributed by atoms with Gasteiger partial charge in [-0.15, -0.1) is 0 Å². The lowest BCUT2D eigenvalue weighted by Gasteiger charge is -2.26. The smallest absolute Gasteiger partial charge is 0.338 e. The third-order valence-corrected chi connectivity index (χ3v) is 7.76. The number of aromatic nitrogens is 1. The van der Waals surface area contributed by atoms with E-state index in [0.29, 0.717) is 56.8 Å². The van der Waals surface area contributed by atoms with Gasteiger partial charge in [0.2, 0.25) is 5.88 Å². The highest BCUT2D eigenvalue weighted by Crippen LogP contribution is 2.36. The first-order valence-corrected chi connectivity index (χ1v) is 13.5. The molecule has 0 amide bonds. The number of benzene rings is 1. The van der Waals surface area contributed by atoms with Crippen LogP contribution in [0.2, 0.25) is 0 Å². The van der Waals surface area contributed by atoms with Crippen molar-refractivity contribution in [2.45, 2.75) is 19.9 Å². The first kappa shape index (κ1) is 25.5. The van der Waals surface area contributed by atoms with Gasteiger partial charge in [0.1, 0.15) is 17.6 Å². The minimum Gasteiger partial charge on any atom is -0.496 e. The lowest BCUT2D eigenvalue weighted by molar-refractivity contribution is -0.139. The van der Waals surface area contributed by atoms with Gasteiger partial charge in [0.15, 0.2) is 4.80 Å². The average Bonchev–Trinajstić information content (AvgIpc) is 3.42. The molecule has 0 saturated carbocycles. The summed E-state index contributed by atoms with van der Waals surface area (Å²) in [7, 11) is 1.56. The lowest BCUT2D eigenvalue weighted by Crippen LogP contribution is -2.40. The zero-order valence-electron chi connectivity index (χ0n) is 20.7. The summed E-state index contributed by atoms with van der Waals surface area (Å²) >= 11 is 4.82. The first-order valence-electron chi connectivity index (χ1n) is 11.9. The number of rotatable bonds is 6. The van der Waals surface area contributed by atoms with E-state index in [0.717, 1.165) is 17.6 Å². The van der Waals surface area contributed by atoms with E-state index < -0.39 is 12.0 Å². The number of anilines is 1. The Morgan fingerprint density at radius 1 is 1.30 bits per heavy atom. The van der Waals surface area contributed by atoms with Crippen molar-refractivity contribution in [3.8, 4) is 5.75 Å². The predicted octanol–water partition coefficient (Wildman–Crippen LogP) is 3.00. The van der Waals surface area contributed by atoms with Crippen molar-refractivity contribution in [3.05, 3.63) is 77.1 Å². The number of carbonyl (C=O) groups excluding carboxylic acids is 1. The third kappa shape index (κ3) is 4.78. The van der Waals surface area contributed by atoms with Crippen LogP contribution >= 0.6 is 27.3 Å². The molecular weight excluding hydrogens is 562 g/mol. The molecule has 1 atom stereocenters. The van der Waals surface area contributed by atoms with E-state index in [1.54, 1.807) is 33.1 Å². The molecule has 0 aliphatic carbocycles. The van der Waals surface area contributed by atoms with Crippen LogP contribution in [0.3, 0.4) is 0 Å². The standard InChI is InChI=1S/C26H26BrN3O6S/c1-4-35-25(32)21-15(2)28-26-30(22(21)17-7-5-6-8-19(17)33-3)23(31)20(37-26)14-16-13-18(27)24(36-16)29-9-11-34-12-10-29/h5-8,13-14,22H,4,9-12H2,1-3H3/b20-14+. The number of hydrogen-bond donors (Lipinski definition) is 0. The van der Waals surface area contributed by atoms with Crippen molar-refractivity contribution in [3.63, 3.8) is 0 Å². The maximum Gasteiger partial charge on any atom is 0.338 e. The number of furan rings is 1. The zero-order valence-corrected chi connectivity index (χ0v) is 23.1. The minimum absolute atomic E-state index is 0.206. The van der Waals surface area contributed by atoms with E-state index in [1.807, 2.05) is 24.3 Å². The van der Waals surface area contributed by atoms with Crippen LogP contribution in [0.15, 0.2) is 60.3 Å². The summed E-state index contributed by atoms with van der Waals surface area (Å²) in [6.07, 6.45) is 1.71. The predicted molar refractivity (Wildman–Crippen MR) is 143 cm³/mol. The van der Waals surface area contributed by atoms with Crippen LogP contribution in [0.4, 0.5) is 5.88 Å². The van der Waals surface area contributed by atoms with Gasteiger partial charge >= 0.3 is 5.97 Å². The minimum atomic E-state index is -0.749. The van der Waals surface area contributed by atoms with Crippen LogP contribution in [0, 0.1) is 0 Å². The van der Waals surface area contributed by atoms with Gasteiger partial charge in [0.05, 0.1) is 47.2 Å². The Balaban J connectivity index is 1.65. The number of para-hydroxylation sites is 1. The largest absolute Gasteiger partial charge is 0.496 e. The number of morpholine rings is 1. The van der Waals surface area contributed by atoms with Crippen molar-refractivity contribution in [2.75, 3.05) is 44.9 Å². The molecule has 1 saturated heterocycles. The molecule has 4 heterocycles. The Morgan fingerprint density at radius 2 is 2.05 bits per heavy atom. The van der Waals surface area contributed by atoms with E-state index in [9.17, 15) is 9.59 Å². The first-order chi connectivity index (χ1) is 17.9. The van der Waals surface area contributed by atoms with Crippen LogP contribution < -0.4 is 24.5 Å². The Bertz CT molecular complexity index is 1550. The highest BCUT2D eigenvalue weighted by molar-refractivity contribution is 9.10. The molecule has 5 rings (SSSR count). The second-order valence-electron chi connectivity index (χ2n) is 8.45. The molecular formula is C26H26BrN3O6S. The van der Waals surface area contributed by atoms with E-state index >= 15 is 0 Å². The van der Waals surface area contributed by atoms with Gasteiger partial charge in [-0.1, -0.05) is 29.5 Å². The second kappa shape index (κ2) is 10.7. The van der Waals surface area contributed by atoms with E-state index in [-0.39, 0.29) is 12.2 Å². The molecule has 2 aliphatic heterocycles. The lowest BCUT2D eigenvalue weighted by atomic mass is 9.95. The molecule has 1 aromatic carbocycles. The molecule has 2 aromatic heterocycles. The molecule has 0 N–H and O–H groups in total. The van der Waals surface area contributed by atoms with Crippen LogP contribution in [0.5, 0.6) is 5.75 Å². The number of thiazole rings is 1. The number of methoxy groups -OCH3 is 1. The average molecular weight is 588 g/mol. The number of nitrogens with zero attached hydrogens (tertiary/aromatic N) is 3. The van der Waals surface area contributed by atoms with Crippen molar-refractivity contribution in [2.24, 2.45) is 4.99 Å². The van der Waals surface area contributed by atoms with Crippen LogP contribution in [0.1, 0.15) is 31.2 Å². The summed E-state index contributed by atoms with van der Waals surface area (Å²) in [5.74, 6) is 1.28. The van der Waals surface area contributed by atoms with Gasteiger partial charge in [-0.05, 0) is 35.8 Å². The van der Waals surface area contributed by atoms with Crippen molar-refractivity contribution < 1.29 is 23.4 Å². The summed E-state index contributed by atoms with van der Waals surface area (Å²) in [6, 6.07) is 8.43. The van der Waals surface area contributed by atoms with Crippen molar-refractivity contribution >= 4 is 45.2 Å². The molecule has 11 heteroatoms. The highest BCUT2D eigenvalue weighted by atomic mass is 79.9. The van der Waals surface area contributed by atoms with E-state index in [1.165, 1.54) is 15.9 Å². The number of carbonyl (C=O) groups is 1. The molecule has 2 aliphatic rings. The second-order valence-corrected chi connectivity index (χ2v) is 10.3. The van der Waals surface area contributed by atoms with Gasteiger partial charge in [-0.25, -0.2) is 9.79 Å². The van der Waals surface area contributed by atoms with Crippen molar-refractivity contribution in [1.82, 2.24) is 4.57 Å².